The van der Waals surface area contributed by atoms with Crippen LogP contribution in [-0.2, 0) is 11.3 Å². The van der Waals surface area contributed by atoms with Crippen molar-refractivity contribution >= 4 is 17.2 Å². The van der Waals surface area contributed by atoms with Crippen LogP contribution in [0, 0.1) is 0 Å². The summed E-state index contributed by atoms with van der Waals surface area (Å²) in [5.74, 6) is 0.0256. The van der Waals surface area contributed by atoms with Gasteiger partial charge in [0.1, 0.15) is 10.7 Å². The third-order valence-corrected chi connectivity index (χ3v) is 3.62. The van der Waals surface area contributed by atoms with E-state index in [0.717, 1.165) is 24.6 Å². The zero-order chi connectivity index (χ0) is 12.3. The molecule has 17 heavy (non-hydrogen) atoms. The van der Waals surface area contributed by atoms with E-state index in [0.29, 0.717) is 12.3 Å². The number of carbonyl (C=O) groups is 1. The summed E-state index contributed by atoms with van der Waals surface area (Å²) >= 11 is 1.47. The Kier molecular flexibility index (Phi) is 4.09. The number of nitrogens with one attached hydrogen (secondary N) is 1. The lowest BCUT2D eigenvalue weighted by molar-refractivity contribution is 0.0650. The van der Waals surface area contributed by atoms with Crippen molar-refractivity contribution in [3.05, 3.63) is 16.1 Å². The fourth-order valence-electron chi connectivity index (χ4n) is 1.89. The van der Waals surface area contributed by atoms with Crippen molar-refractivity contribution in [1.29, 1.82) is 0 Å². The molecule has 0 saturated carbocycles. The third-order valence-electron chi connectivity index (χ3n) is 2.80. The minimum absolute atomic E-state index is 0.0256. The van der Waals surface area contributed by atoms with Gasteiger partial charge in [-0.15, -0.1) is 11.3 Å². The van der Waals surface area contributed by atoms with E-state index in [1.165, 1.54) is 11.3 Å². The lowest BCUT2D eigenvalue weighted by Crippen LogP contribution is -2.52. The van der Waals surface area contributed by atoms with Crippen molar-refractivity contribution in [2.75, 3.05) is 26.7 Å². The van der Waals surface area contributed by atoms with Crippen molar-refractivity contribution in [3.63, 3.8) is 0 Å². The maximum absolute atomic E-state index is 12.2. The van der Waals surface area contributed by atoms with Crippen LogP contribution in [0.15, 0.2) is 5.38 Å². The molecule has 1 amide bonds. The Morgan fingerprint density at radius 3 is 3.29 bits per heavy atom. The van der Waals surface area contributed by atoms with Gasteiger partial charge >= 0.3 is 0 Å². The van der Waals surface area contributed by atoms with Crippen LogP contribution >= 0.6 is 11.3 Å². The van der Waals surface area contributed by atoms with Crippen molar-refractivity contribution < 1.29 is 9.53 Å². The summed E-state index contributed by atoms with van der Waals surface area (Å²) in [6, 6.07) is 0.226. The van der Waals surface area contributed by atoms with Gasteiger partial charge in [0.25, 0.3) is 5.91 Å². The second-order valence-electron chi connectivity index (χ2n) is 4.11. The number of carbonyl (C=O) groups excluding carboxylic acids is 1. The van der Waals surface area contributed by atoms with E-state index in [4.69, 9.17) is 4.74 Å². The predicted molar refractivity (Wildman–Crippen MR) is 66.2 cm³/mol. The fraction of sp³-hybridized carbons (Fsp3) is 0.636. The van der Waals surface area contributed by atoms with Crippen LogP contribution in [0.4, 0.5) is 0 Å². The average molecular weight is 255 g/mol. The Morgan fingerprint density at radius 1 is 1.76 bits per heavy atom. The molecule has 94 valence electrons. The monoisotopic (exact) mass is 255 g/mol. The first-order valence-corrected chi connectivity index (χ1v) is 6.55. The van der Waals surface area contributed by atoms with E-state index in [9.17, 15) is 4.79 Å². The molecule has 1 saturated heterocycles. The SMILES string of the molecule is COCc1nc(C(=O)N2CCNC[C@@H]2C)cs1. The van der Waals surface area contributed by atoms with Gasteiger partial charge in [-0.25, -0.2) is 4.98 Å². The van der Waals surface area contributed by atoms with Crippen molar-refractivity contribution in [1.82, 2.24) is 15.2 Å². The second kappa shape index (κ2) is 5.57. The lowest BCUT2D eigenvalue weighted by atomic mass is 10.2. The van der Waals surface area contributed by atoms with E-state index in [1.807, 2.05) is 17.2 Å². The van der Waals surface area contributed by atoms with Gasteiger partial charge in [0.15, 0.2) is 0 Å². The molecular weight excluding hydrogens is 238 g/mol. The zero-order valence-electron chi connectivity index (χ0n) is 10.1. The molecular formula is C11H17N3O2S. The van der Waals surface area contributed by atoms with Crippen LogP contribution in [0.3, 0.4) is 0 Å². The van der Waals surface area contributed by atoms with Crippen molar-refractivity contribution in [3.8, 4) is 0 Å². The molecule has 1 atom stereocenters. The summed E-state index contributed by atoms with van der Waals surface area (Å²) in [5.41, 5.74) is 0.538. The Balaban J connectivity index is 2.07. The summed E-state index contributed by atoms with van der Waals surface area (Å²) in [7, 11) is 1.63. The Bertz CT molecular complexity index is 394. The first-order chi connectivity index (χ1) is 8.22. The van der Waals surface area contributed by atoms with Crippen molar-refractivity contribution in [2.24, 2.45) is 0 Å². The Labute approximate surface area is 105 Å². The van der Waals surface area contributed by atoms with Gasteiger partial charge in [-0.3, -0.25) is 4.79 Å². The van der Waals surface area contributed by atoms with Crippen LogP contribution < -0.4 is 5.32 Å². The fourth-order valence-corrected chi connectivity index (χ4v) is 2.63. The maximum Gasteiger partial charge on any atom is 0.273 e. The summed E-state index contributed by atoms with van der Waals surface area (Å²) in [6.07, 6.45) is 0. The first-order valence-electron chi connectivity index (χ1n) is 5.67. The molecule has 6 heteroatoms. The highest BCUT2D eigenvalue weighted by molar-refractivity contribution is 7.09. The van der Waals surface area contributed by atoms with E-state index in [2.05, 4.69) is 10.3 Å². The molecule has 1 aliphatic heterocycles. The molecule has 5 nitrogen and oxygen atoms in total. The van der Waals surface area contributed by atoms with Crippen LogP contribution in [0.1, 0.15) is 22.4 Å². The highest BCUT2D eigenvalue weighted by Gasteiger charge is 2.25. The molecule has 1 aromatic heterocycles. The molecule has 0 bridgehead atoms. The van der Waals surface area contributed by atoms with E-state index in [1.54, 1.807) is 7.11 Å². The zero-order valence-corrected chi connectivity index (χ0v) is 10.9. The van der Waals surface area contributed by atoms with E-state index in [-0.39, 0.29) is 11.9 Å². The molecule has 2 heterocycles. The summed E-state index contributed by atoms with van der Waals surface area (Å²) < 4.78 is 5.00. The van der Waals surface area contributed by atoms with Gasteiger partial charge in [-0.1, -0.05) is 0 Å². The van der Waals surface area contributed by atoms with Crippen LogP contribution in [-0.4, -0.2) is 48.6 Å². The number of piperazine rings is 1. The average Bonchev–Trinajstić information content (AvgIpc) is 2.78. The number of nitrogens with zero attached hydrogens (tertiary/aromatic N) is 2. The molecule has 0 aliphatic carbocycles. The van der Waals surface area contributed by atoms with Gasteiger partial charge in [0.2, 0.25) is 0 Å². The first kappa shape index (κ1) is 12.5. The van der Waals surface area contributed by atoms with Crippen molar-refractivity contribution in [2.45, 2.75) is 19.6 Å². The van der Waals surface area contributed by atoms with Crippen LogP contribution in [0.2, 0.25) is 0 Å². The molecule has 1 aromatic rings. The summed E-state index contributed by atoms with van der Waals surface area (Å²) in [6.45, 7) is 4.96. The molecule has 1 aliphatic rings. The highest BCUT2D eigenvalue weighted by atomic mass is 32.1. The molecule has 0 unspecified atom stereocenters. The van der Waals surface area contributed by atoms with Gasteiger partial charge < -0.3 is 15.0 Å². The molecule has 1 N–H and O–H groups in total. The number of hydrogen-bond acceptors (Lipinski definition) is 5. The minimum atomic E-state index is 0.0256. The highest BCUT2D eigenvalue weighted by Crippen LogP contribution is 2.14. The smallest absolute Gasteiger partial charge is 0.273 e. The van der Waals surface area contributed by atoms with Gasteiger partial charge in [-0.05, 0) is 6.92 Å². The number of ether oxygens (including phenoxy) is 1. The summed E-state index contributed by atoms with van der Waals surface area (Å²) in [4.78, 5) is 18.4. The van der Waals surface area contributed by atoms with E-state index >= 15 is 0 Å². The van der Waals surface area contributed by atoms with Gasteiger partial charge in [0, 0.05) is 38.2 Å². The predicted octanol–water partition coefficient (Wildman–Crippen LogP) is 0.723. The minimum Gasteiger partial charge on any atom is -0.378 e. The Morgan fingerprint density at radius 2 is 2.59 bits per heavy atom. The number of thiazole rings is 1. The largest absolute Gasteiger partial charge is 0.378 e. The third kappa shape index (κ3) is 2.83. The number of hydrogen-bond donors (Lipinski definition) is 1. The Hall–Kier alpha value is -0.980. The van der Waals surface area contributed by atoms with Crippen LogP contribution in [0.25, 0.3) is 0 Å². The molecule has 1 fully saturated rings. The second-order valence-corrected chi connectivity index (χ2v) is 5.05. The maximum atomic E-state index is 12.2. The lowest BCUT2D eigenvalue weighted by Gasteiger charge is -2.33. The topological polar surface area (TPSA) is 54.5 Å². The van der Waals surface area contributed by atoms with Gasteiger partial charge in [-0.2, -0.15) is 0 Å². The summed E-state index contributed by atoms with van der Waals surface area (Å²) in [5, 5.41) is 5.92. The number of aromatic nitrogens is 1. The quantitative estimate of drug-likeness (QED) is 0.865. The molecule has 0 radical (unpaired) electrons. The molecule has 0 aromatic carbocycles. The molecule has 0 spiro atoms. The number of methoxy groups -OCH3 is 1. The number of amides is 1. The van der Waals surface area contributed by atoms with E-state index < -0.39 is 0 Å². The molecule has 2 rings (SSSR count). The van der Waals surface area contributed by atoms with Gasteiger partial charge in [0.05, 0.1) is 6.61 Å². The standard InChI is InChI=1S/C11H17N3O2S/c1-8-5-12-3-4-14(8)11(15)9-7-17-10(13-9)6-16-2/h7-8,12H,3-6H2,1-2H3/t8-/m0/s1. The van der Waals surface area contributed by atoms with Crippen LogP contribution in [0.5, 0.6) is 0 Å². The number of rotatable bonds is 3. The normalized spacial score (nSPS) is 20.6.